The number of ether oxygens (including phenoxy) is 1. The van der Waals surface area contributed by atoms with Gasteiger partial charge in [0.15, 0.2) is 11.5 Å². The second-order valence-corrected chi connectivity index (χ2v) is 3.84. The van der Waals surface area contributed by atoms with Crippen molar-refractivity contribution in [2.24, 2.45) is 0 Å². The van der Waals surface area contributed by atoms with Crippen LogP contribution in [-0.2, 0) is 0 Å². The summed E-state index contributed by atoms with van der Waals surface area (Å²) < 4.78 is 33.6. The van der Waals surface area contributed by atoms with Crippen molar-refractivity contribution in [2.45, 2.75) is 6.61 Å². The Morgan fingerprint density at radius 2 is 2.16 bits per heavy atom. The Bertz CT molecular complexity index is 614. The van der Waals surface area contributed by atoms with Crippen molar-refractivity contribution in [3.8, 4) is 17.1 Å². The van der Waals surface area contributed by atoms with Gasteiger partial charge in [0.1, 0.15) is 5.75 Å². The highest BCUT2D eigenvalue weighted by Crippen LogP contribution is 2.34. The van der Waals surface area contributed by atoms with Gasteiger partial charge < -0.3 is 14.4 Å². The van der Waals surface area contributed by atoms with Crippen LogP contribution in [0.2, 0.25) is 5.02 Å². The van der Waals surface area contributed by atoms with Gasteiger partial charge in [0.05, 0.1) is 5.56 Å². The molecule has 0 saturated heterocycles. The van der Waals surface area contributed by atoms with Gasteiger partial charge in [-0.15, -0.1) is 0 Å². The van der Waals surface area contributed by atoms with Crippen LogP contribution >= 0.6 is 11.6 Å². The highest BCUT2D eigenvalue weighted by Gasteiger charge is 2.18. The number of carbonyl (C=O) groups is 1. The van der Waals surface area contributed by atoms with Gasteiger partial charge in [0, 0.05) is 11.1 Å². The SMILES string of the molecule is O=C(O)c1cc(-c2cc(Cl)ccc2OC(F)F)on1. The third-order valence-corrected chi connectivity index (χ3v) is 2.39. The topological polar surface area (TPSA) is 72.6 Å². The maximum atomic E-state index is 12.3. The summed E-state index contributed by atoms with van der Waals surface area (Å²) >= 11 is 5.75. The number of aromatic nitrogens is 1. The van der Waals surface area contributed by atoms with Crippen LogP contribution in [0.5, 0.6) is 5.75 Å². The fourth-order valence-corrected chi connectivity index (χ4v) is 1.57. The second-order valence-electron chi connectivity index (χ2n) is 3.40. The molecular weight excluding hydrogens is 284 g/mol. The number of hydrogen-bond acceptors (Lipinski definition) is 4. The minimum atomic E-state index is -3.03. The summed E-state index contributed by atoms with van der Waals surface area (Å²) in [6, 6.07) is 4.99. The number of rotatable bonds is 4. The first kappa shape index (κ1) is 13.3. The molecule has 1 aromatic heterocycles. The highest BCUT2D eigenvalue weighted by molar-refractivity contribution is 6.30. The fourth-order valence-electron chi connectivity index (χ4n) is 1.40. The molecule has 5 nitrogen and oxygen atoms in total. The van der Waals surface area contributed by atoms with E-state index in [1.54, 1.807) is 0 Å². The lowest BCUT2D eigenvalue weighted by Gasteiger charge is -2.08. The third-order valence-electron chi connectivity index (χ3n) is 2.15. The summed E-state index contributed by atoms with van der Waals surface area (Å²) in [4.78, 5) is 10.7. The molecular formula is C11H6ClF2NO4. The number of nitrogens with zero attached hydrogens (tertiary/aromatic N) is 1. The van der Waals surface area contributed by atoms with Gasteiger partial charge in [-0.1, -0.05) is 16.8 Å². The lowest BCUT2D eigenvalue weighted by molar-refractivity contribution is -0.0495. The Kier molecular flexibility index (Phi) is 3.66. The number of halogens is 3. The van der Waals surface area contributed by atoms with Crippen LogP contribution in [0, 0.1) is 0 Å². The standard InChI is InChI=1S/C11H6ClF2NO4/c12-5-1-2-8(18-11(13)14)6(3-5)9-4-7(10(16)17)15-19-9/h1-4,11H,(H,16,17). The molecule has 8 heteroatoms. The summed E-state index contributed by atoms with van der Waals surface area (Å²) in [5, 5.41) is 12.3. The molecule has 0 unspecified atom stereocenters. The molecule has 0 aliphatic carbocycles. The van der Waals surface area contributed by atoms with Crippen molar-refractivity contribution in [1.82, 2.24) is 5.16 Å². The molecule has 0 saturated carbocycles. The number of hydrogen-bond donors (Lipinski definition) is 1. The zero-order valence-corrected chi connectivity index (χ0v) is 9.90. The van der Waals surface area contributed by atoms with E-state index in [-0.39, 0.29) is 27.8 Å². The predicted octanol–water partition coefficient (Wildman–Crippen LogP) is 3.29. The van der Waals surface area contributed by atoms with E-state index in [0.717, 1.165) is 6.07 Å². The fraction of sp³-hybridized carbons (Fsp3) is 0.0909. The average molecular weight is 290 g/mol. The van der Waals surface area contributed by atoms with E-state index in [1.165, 1.54) is 18.2 Å². The van der Waals surface area contributed by atoms with Gasteiger partial charge in [-0.2, -0.15) is 8.78 Å². The summed E-state index contributed by atoms with van der Waals surface area (Å²) in [5.74, 6) is -1.52. The molecule has 0 fully saturated rings. The number of benzene rings is 1. The van der Waals surface area contributed by atoms with Gasteiger partial charge in [0.25, 0.3) is 0 Å². The Morgan fingerprint density at radius 1 is 1.42 bits per heavy atom. The number of alkyl halides is 2. The smallest absolute Gasteiger partial charge is 0.387 e. The van der Waals surface area contributed by atoms with Crippen LogP contribution in [-0.4, -0.2) is 22.8 Å². The molecule has 0 amide bonds. The van der Waals surface area contributed by atoms with Gasteiger partial charge in [-0.25, -0.2) is 4.79 Å². The van der Waals surface area contributed by atoms with Gasteiger partial charge >= 0.3 is 12.6 Å². The third kappa shape index (κ3) is 3.00. The summed E-state index contributed by atoms with van der Waals surface area (Å²) in [7, 11) is 0. The van der Waals surface area contributed by atoms with Crippen LogP contribution in [0.3, 0.4) is 0 Å². The van der Waals surface area contributed by atoms with Crippen LogP contribution in [0.1, 0.15) is 10.5 Å². The van der Waals surface area contributed by atoms with Gasteiger partial charge in [-0.05, 0) is 18.2 Å². The summed E-state index contributed by atoms with van der Waals surface area (Å²) in [6.45, 7) is -3.03. The van der Waals surface area contributed by atoms with E-state index in [2.05, 4.69) is 9.89 Å². The molecule has 19 heavy (non-hydrogen) atoms. The van der Waals surface area contributed by atoms with E-state index >= 15 is 0 Å². The van der Waals surface area contributed by atoms with Gasteiger partial charge in [0.2, 0.25) is 0 Å². The van der Waals surface area contributed by atoms with Crippen molar-refractivity contribution in [2.75, 3.05) is 0 Å². The molecule has 2 aromatic rings. The number of aromatic carboxylic acids is 1. The lowest BCUT2D eigenvalue weighted by atomic mass is 10.1. The van der Waals surface area contributed by atoms with E-state index in [9.17, 15) is 13.6 Å². The molecule has 100 valence electrons. The molecule has 2 rings (SSSR count). The number of carboxylic acid groups (broad SMARTS) is 1. The lowest BCUT2D eigenvalue weighted by Crippen LogP contribution is -2.03. The van der Waals surface area contributed by atoms with Crippen molar-refractivity contribution in [3.63, 3.8) is 0 Å². The first-order valence-electron chi connectivity index (χ1n) is 4.92. The molecule has 1 heterocycles. The first-order valence-corrected chi connectivity index (χ1v) is 5.30. The second kappa shape index (κ2) is 5.23. The molecule has 1 aromatic carbocycles. The average Bonchev–Trinajstić information content (AvgIpc) is 2.80. The van der Waals surface area contributed by atoms with Crippen molar-refractivity contribution in [3.05, 3.63) is 35.0 Å². The number of carboxylic acids is 1. The van der Waals surface area contributed by atoms with Crippen LogP contribution in [0.15, 0.2) is 28.8 Å². The van der Waals surface area contributed by atoms with E-state index < -0.39 is 12.6 Å². The zero-order chi connectivity index (χ0) is 14.0. The molecule has 1 N–H and O–H groups in total. The molecule has 0 radical (unpaired) electrons. The quantitative estimate of drug-likeness (QED) is 0.935. The van der Waals surface area contributed by atoms with E-state index in [1.807, 2.05) is 0 Å². The highest BCUT2D eigenvalue weighted by atomic mass is 35.5. The maximum absolute atomic E-state index is 12.3. The van der Waals surface area contributed by atoms with Crippen molar-refractivity contribution < 1.29 is 27.9 Å². The van der Waals surface area contributed by atoms with E-state index in [0.29, 0.717) is 0 Å². The minimum Gasteiger partial charge on any atom is -0.476 e. The van der Waals surface area contributed by atoms with Crippen LogP contribution < -0.4 is 4.74 Å². The molecule has 0 aliphatic rings. The molecule has 0 atom stereocenters. The molecule has 0 aliphatic heterocycles. The Labute approximate surface area is 110 Å². The summed E-state index contributed by atoms with van der Waals surface area (Å²) in [5.41, 5.74) is -0.259. The maximum Gasteiger partial charge on any atom is 0.387 e. The predicted molar refractivity (Wildman–Crippen MR) is 60.5 cm³/mol. The molecule has 0 spiro atoms. The minimum absolute atomic E-state index is 0.0319. The zero-order valence-electron chi connectivity index (χ0n) is 9.14. The normalized spacial score (nSPS) is 10.7. The summed E-state index contributed by atoms with van der Waals surface area (Å²) in [6.07, 6.45) is 0. The van der Waals surface area contributed by atoms with Crippen LogP contribution in [0.25, 0.3) is 11.3 Å². The monoisotopic (exact) mass is 289 g/mol. The Morgan fingerprint density at radius 3 is 2.74 bits per heavy atom. The van der Waals surface area contributed by atoms with Crippen molar-refractivity contribution >= 4 is 17.6 Å². The van der Waals surface area contributed by atoms with Crippen molar-refractivity contribution in [1.29, 1.82) is 0 Å². The van der Waals surface area contributed by atoms with Crippen LogP contribution in [0.4, 0.5) is 8.78 Å². The first-order chi connectivity index (χ1) is 8.97. The van der Waals surface area contributed by atoms with Gasteiger partial charge in [-0.3, -0.25) is 0 Å². The molecule has 0 bridgehead atoms. The Balaban J connectivity index is 2.46. The Hall–Kier alpha value is -2.15. The largest absolute Gasteiger partial charge is 0.476 e. The van der Waals surface area contributed by atoms with E-state index in [4.69, 9.17) is 21.2 Å².